The third-order valence-corrected chi connectivity index (χ3v) is 4.92. The molecule has 1 heterocycles. The first-order valence-electron chi connectivity index (χ1n) is 5.29. The van der Waals surface area contributed by atoms with Crippen molar-refractivity contribution < 1.29 is 17.9 Å². The van der Waals surface area contributed by atoms with Gasteiger partial charge in [0.15, 0.2) is 0 Å². The van der Waals surface area contributed by atoms with Crippen LogP contribution in [0.1, 0.15) is 26.7 Å². The first-order valence-corrected chi connectivity index (χ1v) is 6.79. The Morgan fingerprint density at radius 1 is 1.38 bits per heavy atom. The number of amides is 1. The van der Waals surface area contributed by atoms with E-state index < -0.39 is 21.4 Å². The lowest BCUT2D eigenvalue weighted by atomic mass is 10.1. The average molecular weight is 250 g/mol. The van der Waals surface area contributed by atoms with Crippen LogP contribution in [-0.4, -0.2) is 43.3 Å². The number of primary amides is 1. The van der Waals surface area contributed by atoms with Crippen LogP contribution in [0.2, 0.25) is 0 Å². The van der Waals surface area contributed by atoms with Gasteiger partial charge in [-0.3, -0.25) is 0 Å². The maximum atomic E-state index is 11.8. The summed E-state index contributed by atoms with van der Waals surface area (Å²) in [5.74, 6) is 0. The molecule has 94 valence electrons. The number of hydrogen-bond donors (Lipinski definition) is 1. The van der Waals surface area contributed by atoms with E-state index in [9.17, 15) is 13.2 Å². The van der Waals surface area contributed by atoms with Crippen molar-refractivity contribution in [3.05, 3.63) is 0 Å². The molecular formula is C9H18N2O4S. The van der Waals surface area contributed by atoms with Crippen LogP contribution in [0.25, 0.3) is 0 Å². The zero-order valence-electron chi connectivity index (χ0n) is 9.55. The molecule has 7 heteroatoms. The summed E-state index contributed by atoms with van der Waals surface area (Å²) in [5.41, 5.74) is 4.90. The number of carbonyl (C=O) groups is 1. The number of carbonyl (C=O) groups excluding carboxylic acids is 1. The van der Waals surface area contributed by atoms with Crippen LogP contribution in [-0.2, 0) is 14.8 Å². The number of hydrogen-bond acceptors (Lipinski definition) is 4. The maximum absolute atomic E-state index is 11.8. The van der Waals surface area contributed by atoms with Crippen molar-refractivity contribution in [2.45, 2.75) is 38.0 Å². The van der Waals surface area contributed by atoms with Gasteiger partial charge in [0.1, 0.15) is 6.10 Å². The van der Waals surface area contributed by atoms with Gasteiger partial charge >= 0.3 is 6.09 Å². The molecule has 0 aliphatic carbocycles. The van der Waals surface area contributed by atoms with E-state index in [0.717, 1.165) is 0 Å². The molecule has 1 aliphatic heterocycles. The van der Waals surface area contributed by atoms with Crippen LogP contribution in [0.4, 0.5) is 4.79 Å². The predicted octanol–water partition coefficient (Wildman–Crippen LogP) is 0.284. The minimum atomic E-state index is -3.19. The third kappa shape index (κ3) is 3.08. The summed E-state index contributed by atoms with van der Waals surface area (Å²) in [6, 6.07) is 0. The van der Waals surface area contributed by atoms with Gasteiger partial charge < -0.3 is 10.5 Å². The van der Waals surface area contributed by atoms with Crippen molar-refractivity contribution in [3.63, 3.8) is 0 Å². The van der Waals surface area contributed by atoms with Gasteiger partial charge in [0.05, 0.1) is 5.25 Å². The fraction of sp³-hybridized carbons (Fsp3) is 0.889. The first kappa shape index (κ1) is 13.2. The molecule has 1 saturated heterocycles. The molecule has 0 unspecified atom stereocenters. The fourth-order valence-electron chi connectivity index (χ4n) is 1.67. The van der Waals surface area contributed by atoms with Crippen LogP contribution in [0.3, 0.4) is 0 Å². The standard InChI is InChI=1S/C9H18N2O4S/c1-7(2)16(13,14)11-5-3-8(4-6-11)15-9(10)12/h7-8H,3-6H2,1-2H3,(H2,10,12). The second kappa shape index (κ2) is 5.01. The minimum absolute atomic E-state index is 0.254. The molecule has 1 aliphatic rings. The zero-order valence-corrected chi connectivity index (χ0v) is 10.4. The molecule has 0 saturated carbocycles. The van der Waals surface area contributed by atoms with Crippen molar-refractivity contribution in [1.29, 1.82) is 0 Å². The average Bonchev–Trinajstić information content (AvgIpc) is 2.17. The first-order chi connectivity index (χ1) is 7.34. The fourth-order valence-corrected chi connectivity index (χ4v) is 2.98. The highest BCUT2D eigenvalue weighted by Gasteiger charge is 2.31. The van der Waals surface area contributed by atoms with E-state index in [1.165, 1.54) is 4.31 Å². The summed E-state index contributed by atoms with van der Waals surface area (Å²) in [5, 5.41) is -0.416. The number of nitrogens with zero attached hydrogens (tertiary/aromatic N) is 1. The molecule has 1 amide bonds. The van der Waals surface area contributed by atoms with Gasteiger partial charge in [-0.05, 0) is 26.7 Å². The Morgan fingerprint density at radius 2 is 1.88 bits per heavy atom. The van der Waals surface area contributed by atoms with Crippen LogP contribution >= 0.6 is 0 Å². The third-order valence-electron chi connectivity index (χ3n) is 2.64. The van der Waals surface area contributed by atoms with E-state index in [0.29, 0.717) is 25.9 Å². The van der Waals surface area contributed by atoms with Gasteiger partial charge in [0.25, 0.3) is 0 Å². The number of sulfonamides is 1. The lowest BCUT2D eigenvalue weighted by Gasteiger charge is -2.31. The lowest BCUT2D eigenvalue weighted by molar-refractivity contribution is 0.0740. The second-order valence-corrected chi connectivity index (χ2v) is 6.62. The quantitative estimate of drug-likeness (QED) is 0.779. The molecule has 1 fully saturated rings. The Bertz CT molecular complexity index is 345. The molecule has 0 aromatic heterocycles. The summed E-state index contributed by atoms with van der Waals surface area (Å²) in [6.45, 7) is 4.08. The highest BCUT2D eigenvalue weighted by molar-refractivity contribution is 7.89. The molecule has 2 N–H and O–H groups in total. The monoisotopic (exact) mass is 250 g/mol. The minimum Gasteiger partial charge on any atom is -0.446 e. The number of piperidine rings is 1. The lowest BCUT2D eigenvalue weighted by Crippen LogP contribution is -2.44. The van der Waals surface area contributed by atoms with E-state index >= 15 is 0 Å². The van der Waals surface area contributed by atoms with E-state index in [2.05, 4.69) is 0 Å². The van der Waals surface area contributed by atoms with Gasteiger partial charge in [0.2, 0.25) is 10.0 Å². The normalized spacial score (nSPS) is 19.9. The van der Waals surface area contributed by atoms with Crippen molar-refractivity contribution >= 4 is 16.1 Å². The van der Waals surface area contributed by atoms with Crippen molar-refractivity contribution in [2.75, 3.05) is 13.1 Å². The summed E-state index contributed by atoms with van der Waals surface area (Å²) in [4.78, 5) is 10.5. The highest BCUT2D eigenvalue weighted by atomic mass is 32.2. The van der Waals surface area contributed by atoms with Gasteiger partial charge in [-0.2, -0.15) is 0 Å². The van der Waals surface area contributed by atoms with Gasteiger partial charge in [-0.1, -0.05) is 0 Å². The Hall–Kier alpha value is -0.820. The number of ether oxygens (including phenoxy) is 1. The molecule has 16 heavy (non-hydrogen) atoms. The molecule has 0 aromatic rings. The molecule has 6 nitrogen and oxygen atoms in total. The predicted molar refractivity (Wildman–Crippen MR) is 59.3 cm³/mol. The summed E-state index contributed by atoms with van der Waals surface area (Å²) >= 11 is 0. The summed E-state index contributed by atoms with van der Waals surface area (Å²) < 4.78 is 29.9. The number of rotatable bonds is 3. The SMILES string of the molecule is CC(C)S(=O)(=O)N1CCC(OC(N)=O)CC1. The van der Waals surface area contributed by atoms with Crippen LogP contribution in [0, 0.1) is 0 Å². The summed E-state index contributed by atoms with van der Waals surface area (Å²) in [6.07, 6.45) is -0.0367. The van der Waals surface area contributed by atoms with Gasteiger partial charge in [-0.25, -0.2) is 17.5 Å². The summed E-state index contributed by atoms with van der Waals surface area (Å²) in [7, 11) is -3.19. The molecule has 0 spiro atoms. The topological polar surface area (TPSA) is 89.7 Å². The Kier molecular flexibility index (Phi) is 4.15. The Labute approximate surface area is 95.8 Å². The largest absolute Gasteiger partial charge is 0.446 e. The van der Waals surface area contributed by atoms with E-state index in [1.807, 2.05) is 0 Å². The van der Waals surface area contributed by atoms with Crippen molar-refractivity contribution in [3.8, 4) is 0 Å². The molecule has 1 rings (SSSR count). The van der Waals surface area contributed by atoms with Gasteiger partial charge in [0, 0.05) is 13.1 Å². The van der Waals surface area contributed by atoms with Crippen molar-refractivity contribution in [1.82, 2.24) is 4.31 Å². The Balaban J connectivity index is 2.52. The van der Waals surface area contributed by atoms with Crippen LogP contribution in [0.15, 0.2) is 0 Å². The molecule has 0 radical (unpaired) electrons. The molecular weight excluding hydrogens is 232 g/mol. The van der Waals surface area contributed by atoms with Crippen LogP contribution < -0.4 is 5.73 Å². The van der Waals surface area contributed by atoms with E-state index in [1.54, 1.807) is 13.8 Å². The highest BCUT2D eigenvalue weighted by Crippen LogP contribution is 2.18. The maximum Gasteiger partial charge on any atom is 0.404 e. The second-order valence-electron chi connectivity index (χ2n) is 4.13. The van der Waals surface area contributed by atoms with Gasteiger partial charge in [-0.15, -0.1) is 0 Å². The molecule has 0 atom stereocenters. The van der Waals surface area contributed by atoms with E-state index in [-0.39, 0.29) is 6.10 Å². The van der Waals surface area contributed by atoms with E-state index in [4.69, 9.17) is 10.5 Å². The molecule has 0 bridgehead atoms. The Morgan fingerprint density at radius 3 is 2.25 bits per heavy atom. The smallest absolute Gasteiger partial charge is 0.404 e. The zero-order chi connectivity index (χ0) is 12.3. The van der Waals surface area contributed by atoms with Crippen molar-refractivity contribution in [2.24, 2.45) is 5.73 Å². The van der Waals surface area contributed by atoms with Crippen LogP contribution in [0.5, 0.6) is 0 Å². The number of nitrogens with two attached hydrogens (primary N) is 1. The molecule has 0 aromatic carbocycles.